The van der Waals surface area contributed by atoms with Crippen LogP contribution in [0.5, 0.6) is 17.2 Å². The first kappa shape index (κ1) is 15.0. The summed E-state index contributed by atoms with van der Waals surface area (Å²) in [5.41, 5.74) is 2.44. The second kappa shape index (κ2) is 5.36. The van der Waals surface area contributed by atoms with Gasteiger partial charge in [-0.2, -0.15) is 0 Å². The van der Waals surface area contributed by atoms with Crippen LogP contribution in [0.25, 0.3) is 11.0 Å². The fraction of sp³-hybridized carbons (Fsp3) is 0.200. The number of carbonyl (C=O) groups is 1. The summed E-state index contributed by atoms with van der Waals surface area (Å²) in [6.07, 6.45) is 0.156. The van der Waals surface area contributed by atoms with Gasteiger partial charge in [-0.25, -0.2) is 4.79 Å². The van der Waals surface area contributed by atoms with Gasteiger partial charge >= 0.3 is 11.6 Å². The number of carbonyl (C=O) groups excluding carboxylic acids is 1. The molecule has 0 radical (unpaired) electrons. The third-order valence-electron chi connectivity index (χ3n) is 4.86. The molecule has 2 aromatic carbocycles. The fourth-order valence-electron chi connectivity index (χ4n) is 3.65. The number of rotatable bonds is 1. The Morgan fingerprint density at radius 1 is 0.962 bits per heavy atom. The van der Waals surface area contributed by atoms with Gasteiger partial charge in [-0.15, -0.1) is 0 Å². The minimum Gasteiger partial charge on any atom is -0.454 e. The van der Waals surface area contributed by atoms with Crippen molar-refractivity contribution >= 4 is 16.9 Å². The monoisotopic (exact) mass is 350 g/mol. The minimum absolute atomic E-state index is 0.156. The molecule has 2 aliphatic rings. The van der Waals surface area contributed by atoms with Gasteiger partial charge in [-0.1, -0.05) is 6.07 Å². The molecule has 1 aromatic heterocycles. The minimum atomic E-state index is -0.426. The van der Waals surface area contributed by atoms with Crippen molar-refractivity contribution in [2.45, 2.75) is 19.3 Å². The molecule has 3 heterocycles. The number of aryl methyl sites for hydroxylation is 1. The van der Waals surface area contributed by atoms with Crippen molar-refractivity contribution in [3.63, 3.8) is 0 Å². The van der Waals surface area contributed by atoms with Crippen LogP contribution in [0.2, 0.25) is 0 Å². The van der Waals surface area contributed by atoms with Crippen molar-refractivity contribution in [1.29, 1.82) is 0 Å². The van der Waals surface area contributed by atoms with Crippen LogP contribution in [0.1, 0.15) is 29.0 Å². The van der Waals surface area contributed by atoms with Crippen LogP contribution >= 0.6 is 0 Å². The van der Waals surface area contributed by atoms with E-state index in [1.165, 1.54) is 6.07 Å². The average Bonchev–Trinajstić information content (AvgIpc) is 3.08. The van der Waals surface area contributed by atoms with Gasteiger partial charge in [-0.05, 0) is 42.3 Å². The van der Waals surface area contributed by atoms with Gasteiger partial charge in [0.2, 0.25) is 6.79 Å². The van der Waals surface area contributed by atoms with Gasteiger partial charge in [0, 0.05) is 22.9 Å². The lowest BCUT2D eigenvalue weighted by atomic mass is 9.85. The molecule has 2 aliphatic heterocycles. The first-order valence-corrected chi connectivity index (χ1v) is 8.28. The van der Waals surface area contributed by atoms with Gasteiger partial charge in [0.1, 0.15) is 11.3 Å². The Hall–Kier alpha value is -3.28. The third kappa shape index (κ3) is 2.19. The van der Waals surface area contributed by atoms with E-state index < -0.39 is 5.63 Å². The topological polar surface area (TPSA) is 75.0 Å². The molecule has 5 rings (SSSR count). The first-order valence-electron chi connectivity index (χ1n) is 8.28. The quantitative estimate of drug-likeness (QED) is 0.381. The SMILES string of the molecule is Cc1cc(=O)oc2c3c(ccc12)OC(=O)C[C@H]3c1ccc2c(c1)OCO2. The van der Waals surface area contributed by atoms with Crippen LogP contribution in [-0.4, -0.2) is 12.8 Å². The summed E-state index contributed by atoms with van der Waals surface area (Å²) in [6, 6.07) is 10.6. The smallest absolute Gasteiger partial charge is 0.336 e. The molecule has 3 aromatic rings. The zero-order chi connectivity index (χ0) is 17.8. The maximum atomic E-state index is 12.1. The Balaban J connectivity index is 1.77. The van der Waals surface area contributed by atoms with Crippen LogP contribution < -0.4 is 19.8 Å². The zero-order valence-electron chi connectivity index (χ0n) is 13.9. The van der Waals surface area contributed by atoms with E-state index in [2.05, 4.69) is 0 Å². The normalized spacial score (nSPS) is 17.9. The highest BCUT2D eigenvalue weighted by Crippen LogP contribution is 2.45. The number of ether oxygens (including phenoxy) is 3. The summed E-state index contributed by atoms with van der Waals surface area (Å²) in [4.78, 5) is 24.1. The van der Waals surface area contributed by atoms with Crippen LogP contribution in [0.4, 0.5) is 0 Å². The summed E-state index contributed by atoms with van der Waals surface area (Å²) in [6.45, 7) is 2.04. The molecule has 0 amide bonds. The van der Waals surface area contributed by atoms with Crippen molar-refractivity contribution in [2.75, 3.05) is 6.79 Å². The molecule has 0 fully saturated rings. The molecular formula is C20H14O6. The zero-order valence-corrected chi connectivity index (χ0v) is 13.9. The third-order valence-corrected chi connectivity index (χ3v) is 4.86. The molecule has 0 N–H and O–H groups in total. The number of esters is 1. The maximum Gasteiger partial charge on any atom is 0.336 e. The lowest BCUT2D eigenvalue weighted by molar-refractivity contribution is -0.135. The largest absolute Gasteiger partial charge is 0.454 e. The highest BCUT2D eigenvalue weighted by molar-refractivity contribution is 5.90. The lowest BCUT2D eigenvalue weighted by Crippen LogP contribution is -2.21. The highest BCUT2D eigenvalue weighted by Gasteiger charge is 2.32. The van der Waals surface area contributed by atoms with Crippen molar-refractivity contribution < 1.29 is 23.4 Å². The Labute approximate surface area is 147 Å². The molecule has 0 unspecified atom stereocenters. The van der Waals surface area contributed by atoms with Gasteiger partial charge in [0.05, 0.1) is 6.42 Å². The number of hydrogen-bond donors (Lipinski definition) is 0. The fourth-order valence-corrected chi connectivity index (χ4v) is 3.65. The molecule has 0 saturated carbocycles. The van der Waals surface area contributed by atoms with E-state index in [0.29, 0.717) is 28.4 Å². The van der Waals surface area contributed by atoms with Gasteiger partial charge in [0.15, 0.2) is 11.5 Å². The first-order chi connectivity index (χ1) is 12.6. The predicted molar refractivity (Wildman–Crippen MR) is 91.9 cm³/mol. The number of benzene rings is 2. The molecule has 6 heteroatoms. The number of fused-ring (bicyclic) bond motifs is 4. The van der Waals surface area contributed by atoms with Crippen molar-refractivity contribution in [3.05, 3.63) is 63.5 Å². The molecule has 0 saturated heterocycles. The Kier molecular flexibility index (Phi) is 3.09. The van der Waals surface area contributed by atoms with E-state index in [0.717, 1.165) is 16.5 Å². The Morgan fingerprint density at radius 3 is 2.65 bits per heavy atom. The van der Waals surface area contributed by atoms with Crippen LogP contribution in [0, 0.1) is 6.92 Å². The molecular weight excluding hydrogens is 336 g/mol. The lowest BCUT2D eigenvalue weighted by Gasteiger charge is -2.25. The molecule has 0 spiro atoms. The van der Waals surface area contributed by atoms with Crippen molar-refractivity contribution in [2.24, 2.45) is 0 Å². The summed E-state index contributed by atoms with van der Waals surface area (Å²) in [5.74, 6) is 1.11. The Morgan fingerprint density at radius 2 is 1.77 bits per heavy atom. The average molecular weight is 350 g/mol. The molecule has 0 aliphatic carbocycles. The number of hydrogen-bond acceptors (Lipinski definition) is 6. The van der Waals surface area contributed by atoms with Crippen molar-refractivity contribution in [1.82, 2.24) is 0 Å². The standard InChI is InChI=1S/C20H14O6/c1-10-6-17(21)26-20-12(10)3-5-15-19(20)13(8-18(22)25-15)11-2-4-14-16(7-11)24-9-23-14/h2-7,13H,8-9H2,1H3/t13-/m0/s1. The van der Waals surface area contributed by atoms with Gasteiger partial charge < -0.3 is 18.6 Å². The maximum absolute atomic E-state index is 12.1. The Bertz CT molecular complexity index is 1130. The van der Waals surface area contributed by atoms with E-state index in [4.69, 9.17) is 18.6 Å². The summed E-state index contributed by atoms with van der Waals surface area (Å²) >= 11 is 0. The second-order valence-corrected chi connectivity index (χ2v) is 6.45. The van der Waals surface area contributed by atoms with Gasteiger partial charge in [0.25, 0.3) is 0 Å². The van der Waals surface area contributed by atoms with Gasteiger partial charge in [-0.3, -0.25) is 4.79 Å². The molecule has 130 valence electrons. The van der Waals surface area contributed by atoms with Crippen LogP contribution in [0.15, 0.2) is 45.6 Å². The summed E-state index contributed by atoms with van der Waals surface area (Å²) in [5, 5.41) is 0.826. The molecule has 6 nitrogen and oxygen atoms in total. The molecule has 0 bridgehead atoms. The van der Waals surface area contributed by atoms with E-state index >= 15 is 0 Å². The van der Waals surface area contributed by atoms with E-state index in [9.17, 15) is 9.59 Å². The van der Waals surface area contributed by atoms with Crippen molar-refractivity contribution in [3.8, 4) is 17.2 Å². The second-order valence-electron chi connectivity index (χ2n) is 6.45. The summed E-state index contributed by atoms with van der Waals surface area (Å²) < 4.78 is 21.7. The predicted octanol–water partition coefficient (Wildman–Crippen LogP) is 3.27. The van der Waals surface area contributed by atoms with Crippen LogP contribution in [0.3, 0.4) is 0 Å². The molecule has 1 atom stereocenters. The van der Waals surface area contributed by atoms with E-state index in [-0.39, 0.29) is 25.1 Å². The highest BCUT2D eigenvalue weighted by atomic mass is 16.7. The van der Waals surface area contributed by atoms with Crippen LogP contribution in [-0.2, 0) is 4.79 Å². The molecule has 26 heavy (non-hydrogen) atoms. The summed E-state index contributed by atoms with van der Waals surface area (Å²) in [7, 11) is 0. The van der Waals surface area contributed by atoms with E-state index in [1.54, 1.807) is 6.07 Å². The van der Waals surface area contributed by atoms with E-state index in [1.807, 2.05) is 31.2 Å².